The average molecular weight is 316 g/mol. The van der Waals surface area contributed by atoms with Gasteiger partial charge in [0.05, 0.1) is 32.8 Å². The summed E-state index contributed by atoms with van der Waals surface area (Å²) >= 11 is 0. The molecule has 124 valence electrons. The number of methoxy groups -OCH3 is 1. The number of fused-ring (bicyclic) bond motifs is 1. The summed E-state index contributed by atoms with van der Waals surface area (Å²) in [5.41, 5.74) is -0.0867. The number of hydrogen-bond acceptors (Lipinski definition) is 9. The molecule has 0 spiro atoms. The standard InChI is InChI=1S/C12H20N4O6/c1-20-7(3-4-22-21-2)9(17)12(19)16-6-15-8-10(16)13-5-14-11(8)18/h5,7,9,12,15,17,19H,3-4,6H2,1-2H3,(H,13,14,18). The maximum absolute atomic E-state index is 11.6. The second kappa shape index (κ2) is 7.51. The third-order valence-electron chi connectivity index (χ3n) is 3.44. The van der Waals surface area contributed by atoms with Gasteiger partial charge in [0.1, 0.15) is 11.8 Å². The third kappa shape index (κ3) is 3.36. The number of nitrogens with zero attached hydrogens (tertiary/aromatic N) is 2. The Kier molecular flexibility index (Phi) is 5.69. The molecule has 0 aromatic carbocycles. The molecule has 1 aliphatic rings. The van der Waals surface area contributed by atoms with Crippen molar-refractivity contribution in [3.63, 3.8) is 0 Å². The van der Waals surface area contributed by atoms with Crippen molar-refractivity contribution in [3.05, 3.63) is 16.7 Å². The smallest absolute Gasteiger partial charge is 0.276 e. The Hall–Kier alpha value is -1.72. The molecule has 3 atom stereocenters. The summed E-state index contributed by atoms with van der Waals surface area (Å²) in [6.45, 7) is 0.351. The van der Waals surface area contributed by atoms with E-state index < -0.39 is 18.4 Å². The Morgan fingerprint density at radius 1 is 1.45 bits per heavy atom. The SMILES string of the molecule is COOCCC(OC)C(O)C(O)N1CNc2c1nc[nH]c2=O. The predicted molar refractivity (Wildman–Crippen MR) is 76.2 cm³/mol. The summed E-state index contributed by atoms with van der Waals surface area (Å²) in [6, 6.07) is 0. The zero-order valence-corrected chi connectivity index (χ0v) is 12.4. The summed E-state index contributed by atoms with van der Waals surface area (Å²) in [5.74, 6) is 0.276. The Morgan fingerprint density at radius 3 is 2.91 bits per heavy atom. The number of aromatic nitrogens is 2. The Bertz CT molecular complexity index is 539. The summed E-state index contributed by atoms with van der Waals surface area (Å²) < 4.78 is 5.17. The van der Waals surface area contributed by atoms with Crippen molar-refractivity contribution in [2.24, 2.45) is 0 Å². The van der Waals surface area contributed by atoms with Crippen LogP contribution in [0.15, 0.2) is 11.1 Å². The minimum Gasteiger partial charge on any atom is -0.386 e. The Balaban J connectivity index is 2.07. The second-order valence-corrected chi connectivity index (χ2v) is 4.69. The van der Waals surface area contributed by atoms with E-state index in [1.807, 2.05) is 0 Å². The van der Waals surface area contributed by atoms with Crippen molar-refractivity contribution in [2.45, 2.75) is 24.9 Å². The van der Waals surface area contributed by atoms with E-state index >= 15 is 0 Å². The van der Waals surface area contributed by atoms with E-state index in [0.717, 1.165) is 0 Å². The molecule has 0 saturated heterocycles. The lowest BCUT2D eigenvalue weighted by molar-refractivity contribution is -0.277. The maximum atomic E-state index is 11.6. The van der Waals surface area contributed by atoms with Crippen molar-refractivity contribution >= 4 is 11.5 Å². The molecule has 1 aromatic rings. The summed E-state index contributed by atoms with van der Waals surface area (Å²) in [7, 11) is 2.80. The van der Waals surface area contributed by atoms with Gasteiger partial charge in [0.25, 0.3) is 5.56 Å². The molecule has 4 N–H and O–H groups in total. The fourth-order valence-corrected chi connectivity index (χ4v) is 2.28. The van der Waals surface area contributed by atoms with Crippen molar-refractivity contribution < 1.29 is 24.7 Å². The molecule has 0 saturated carbocycles. The molecule has 0 amide bonds. The molecular formula is C12H20N4O6. The number of ether oxygens (including phenoxy) is 1. The molecule has 2 heterocycles. The number of aliphatic hydroxyl groups is 2. The van der Waals surface area contributed by atoms with Gasteiger partial charge >= 0.3 is 0 Å². The van der Waals surface area contributed by atoms with Crippen LogP contribution in [0.1, 0.15) is 6.42 Å². The molecule has 1 aromatic heterocycles. The molecule has 0 fully saturated rings. The molecule has 10 heteroatoms. The summed E-state index contributed by atoms with van der Waals surface area (Å²) in [5, 5.41) is 23.4. The molecule has 0 aliphatic carbocycles. The first-order chi connectivity index (χ1) is 10.6. The van der Waals surface area contributed by atoms with Gasteiger partial charge in [-0.3, -0.25) is 4.79 Å². The molecule has 0 radical (unpaired) electrons. The number of rotatable bonds is 8. The van der Waals surface area contributed by atoms with E-state index in [-0.39, 0.29) is 30.3 Å². The monoisotopic (exact) mass is 316 g/mol. The van der Waals surface area contributed by atoms with Crippen molar-refractivity contribution in [2.75, 3.05) is 37.7 Å². The van der Waals surface area contributed by atoms with E-state index in [9.17, 15) is 15.0 Å². The second-order valence-electron chi connectivity index (χ2n) is 4.69. The van der Waals surface area contributed by atoms with Crippen LogP contribution in [0, 0.1) is 0 Å². The molecule has 1 aliphatic heterocycles. The van der Waals surface area contributed by atoms with Gasteiger partial charge in [-0.2, -0.15) is 0 Å². The minimum absolute atomic E-state index is 0.151. The van der Waals surface area contributed by atoms with Crippen LogP contribution in [0.2, 0.25) is 0 Å². The lowest BCUT2D eigenvalue weighted by atomic mass is 10.1. The average Bonchev–Trinajstić information content (AvgIpc) is 2.96. The first kappa shape index (κ1) is 16.6. The Morgan fingerprint density at radius 2 is 2.23 bits per heavy atom. The highest BCUT2D eigenvalue weighted by Crippen LogP contribution is 2.27. The lowest BCUT2D eigenvalue weighted by Gasteiger charge is -2.31. The van der Waals surface area contributed by atoms with Crippen LogP contribution < -0.4 is 15.8 Å². The first-order valence-electron chi connectivity index (χ1n) is 6.73. The minimum atomic E-state index is -1.30. The van der Waals surface area contributed by atoms with Crippen LogP contribution >= 0.6 is 0 Å². The van der Waals surface area contributed by atoms with Crippen molar-refractivity contribution in [1.82, 2.24) is 9.97 Å². The number of aliphatic hydroxyl groups excluding tert-OH is 2. The number of anilines is 2. The zero-order valence-electron chi connectivity index (χ0n) is 12.4. The molecule has 22 heavy (non-hydrogen) atoms. The highest BCUT2D eigenvalue weighted by molar-refractivity contribution is 5.69. The van der Waals surface area contributed by atoms with Crippen LogP contribution in [0.5, 0.6) is 0 Å². The van der Waals surface area contributed by atoms with Gasteiger partial charge in [0.2, 0.25) is 0 Å². The summed E-state index contributed by atoms with van der Waals surface area (Å²) in [6.07, 6.45) is -1.63. The van der Waals surface area contributed by atoms with Crippen LogP contribution in [-0.4, -0.2) is 66.1 Å². The van der Waals surface area contributed by atoms with Gasteiger partial charge in [-0.15, -0.1) is 0 Å². The van der Waals surface area contributed by atoms with E-state index in [0.29, 0.717) is 6.42 Å². The van der Waals surface area contributed by atoms with Crippen LogP contribution in [0.3, 0.4) is 0 Å². The van der Waals surface area contributed by atoms with E-state index in [2.05, 4.69) is 20.2 Å². The number of H-pyrrole nitrogens is 1. The van der Waals surface area contributed by atoms with Crippen LogP contribution in [-0.2, 0) is 14.5 Å². The molecule has 2 rings (SSSR count). The van der Waals surface area contributed by atoms with Gasteiger partial charge in [0, 0.05) is 13.5 Å². The first-order valence-corrected chi connectivity index (χ1v) is 6.73. The van der Waals surface area contributed by atoms with Gasteiger partial charge in [-0.25, -0.2) is 14.8 Å². The lowest BCUT2D eigenvalue weighted by Crippen LogP contribution is -2.49. The van der Waals surface area contributed by atoms with Crippen molar-refractivity contribution in [3.8, 4) is 0 Å². The fourth-order valence-electron chi connectivity index (χ4n) is 2.28. The molecular weight excluding hydrogens is 296 g/mol. The highest BCUT2D eigenvalue weighted by atomic mass is 17.2. The fraction of sp³-hybridized carbons (Fsp3) is 0.667. The maximum Gasteiger partial charge on any atom is 0.276 e. The van der Waals surface area contributed by atoms with Gasteiger partial charge in [-0.05, 0) is 0 Å². The predicted octanol–water partition coefficient (Wildman–Crippen LogP) is -1.38. The number of aromatic amines is 1. The van der Waals surface area contributed by atoms with Crippen molar-refractivity contribution in [1.29, 1.82) is 0 Å². The van der Waals surface area contributed by atoms with Gasteiger partial charge < -0.3 is 30.2 Å². The molecule has 3 unspecified atom stereocenters. The van der Waals surface area contributed by atoms with E-state index in [1.165, 1.54) is 25.4 Å². The normalized spacial score (nSPS) is 17.7. The quantitative estimate of drug-likeness (QED) is 0.260. The highest BCUT2D eigenvalue weighted by Gasteiger charge is 2.35. The number of hydrogen-bond donors (Lipinski definition) is 4. The van der Waals surface area contributed by atoms with Gasteiger partial charge in [0.15, 0.2) is 12.0 Å². The molecule has 0 bridgehead atoms. The molecule has 10 nitrogen and oxygen atoms in total. The van der Waals surface area contributed by atoms with Gasteiger partial charge in [-0.1, -0.05) is 0 Å². The number of nitrogens with one attached hydrogen (secondary N) is 2. The summed E-state index contributed by atoms with van der Waals surface area (Å²) in [4.78, 5) is 28.7. The van der Waals surface area contributed by atoms with Crippen LogP contribution in [0.4, 0.5) is 11.5 Å². The van der Waals surface area contributed by atoms with E-state index in [1.54, 1.807) is 0 Å². The third-order valence-corrected chi connectivity index (χ3v) is 3.44. The van der Waals surface area contributed by atoms with Crippen LogP contribution in [0.25, 0.3) is 0 Å². The largest absolute Gasteiger partial charge is 0.386 e. The topological polar surface area (TPSA) is 129 Å². The van der Waals surface area contributed by atoms with E-state index in [4.69, 9.17) is 9.62 Å². The Labute approximate surface area is 126 Å². The zero-order chi connectivity index (χ0) is 16.1.